The maximum absolute atomic E-state index is 14.1. The number of anilines is 1. The van der Waals surface area contributed by atoms with Gasteiger partial charge in [0.1, 0.15) is 5.82 Å². The smallest absolute Gasteiger partial charge is 0.227 e. The van der Waals surface area contributed by atoms with Gasteiger partial charge in [-0.15, -0.1) is 0 Å². The molecule has 1 unspecified atom stereocenters. The third kappa shape index (κ3) is 4.78. The van der Waals surface area contributed by atoms with Crippen LogP contribution in [0.3, 0.4) is 0 Å². The molecule has 0 bridgehead atoms. The van der Waals surface area contributed by atoms with Crippen LogP contribution in [0.1, 0.15) is 25.8 Å². The van der Waals surface area contributed by atoms with Gasteiger partial charge in [-0.1, -0.05) is 19.9 Å². The fraction of sp³-hybridized carbons (Fsp3) is 0.500. The number of benzene rings is 1. The molecular weight excluding hydrogens is 325 g/mol. The Kier molecular flexibility index (Phi) is 6.12. The first-order chi connectivity index (χ1) is 11.8. The zero-order chi connectivity index (χ0) is 18.6. The molecule has 2 rings (SSSR count). The summed E-state index contributed by atoms with van der Waals surface area (Å²) in [5, 5.41) is 5.41. The minimum Gasteiger partial charge on any atom is -0.354 e. The molecule has 7 heteroatoms. The van der Waals surface area contributed by atoms with Crippen molar-refractivity contribution in [2.24, 2.45) is 11.8 Å². The van der Waals surface area contributed by atoms with E-state index in [1.54, 1.807) is 32.9 Å². The summed E-state index contributed by atoms with van der Waals surface area (Å²) in [5.41, 5.74) is 0.973. The van der Waals surface area contributed by atoms with E-state index in [0.717, 1.165) is 5.56 Å². The predicted octanol–water partition coefficient (Wildman–Crippen LogP) is 1.38. The monoisotopic (exact) mass is 349 g/mol. The van der Waals surface area contributed by atoms with Crippen LogP contribution in [0, 0.1) is 24.6 Å². The Hall–Kier alpha value is -2.44. The number of hydrogen-bond donors (Lipinski definition) is 2. The lowest BCUT2D eigenvalue weighted by Gasteiger charge is -2.18. The van der Waals surface area contributed by atoms with Crippen LogP contribution in [-0.2, 0) is 14.4 Å². The highest BCUT2D eigenvalue weighted by Gasteiger charge is 2.36. The molecule has 0 radical (unpaired) electrons. The molecular formula is C18H24FN3O3. The molecule has 0 spiro atoms. The normalized spacial score (nSPS) is 17.1. The average molecular weight is 349 g/mol. The van der Waals surface area contributed by atoms with E-state index in [9.17, 15) is 18.8 Å². The minimum atomic E-state index is -0.519. The van der Waals surface area contributed by atoms with Gasteiger partial charge >= 0.3 is 0 Å². The zero-order valence-corrected chi connectivity index (χ0v) is 14.8. The summed E-state index contributed by atoms with van der Waals surface area (Å²) in [6.45, 7) is 6.13. The van der Waals surface area contributed by atoms with E-state index in [-0.39, 0.29) is 42.3 Å². The van der Waals surface area contributed by atoms with Crippen molar-refractivity contribution in [3.05, 3.63) is 29.6 Å². The molecule has 0 aliphatic carbocycles. The van der Waals surface area contributed by atoms with Crippen molar-refractivity contribution >= 4 is 23.4 Å². The molecule has 1 saturated heterocycles. The molecule has 1 aromatic carbocycles. The second kappa shape index (κ2) is 8.09. The van der Waals surface area contributed by atoms with Crippen molar-refractivity contribution in [1.29, 1.82) is 0 Å². The highest BCUT2D eigenvalue weighted by atomic mass is 19.1. The molecule has 1 aliphatic rings. The third-order valence-electron chi connectivity index (χ3n) is 4.14. The van der Waals surface area contributed by atoms with E-state index in [1.807, 2.05) is 0 Å². The van der Waals surface area contributed by atoms with Gasteiger partial charge in [0.05, 0.1) is 11.6 Å². The number of aryl methyl sites for hydroxylation is 1. The van der Waals surface area contributed by atoms with Crippen LogP contribution in [-0.4, -0.2) is 37.4 Å². The summed E-state index contributed by atoms with van der Waals surface area (Å²) in [4.78, 5) is 37.1. The topological polar surface area (TPSA) is 78.5 Å². The SMILES string of the molecule is Cc1ccc(N2CC(C(=O)NCCNC(=O)C(C)C)CC2=O)c(F)c1. The summed E-state index contributed by atoms with van der Waals surface area (Å²) in [6.07, 6.45) is 0.0531. The Morgan fingerprint density at radius 1 is 1.28 bits per heavy atom. The van der Waals surface area contributed by atoms with Crippen LogP contribution >= 0.6 is 0 Å². The van der Waals surface area contributed by atoms with Gasteiger partial charge in [-0.05, 0) is 24.6 Å². The van der Waals surface area contributed by atoms with E-state index in [2.05, 4.69) is 10.6 Å². The summed E-state index contributed by atoms with van der Waals surface area (Å²) >= 11 is 0. The van der Waals surface area contributed by atoms with Gasteiger partial charge < -0.3 is 15.5 Å². The van der Waals surface area contributed by atoms with Crippen LogP contribution in [0.25, 0.3) is 0 Å². The average Bonchev–Trinajstić information content (AvgIpc) is 2.93. The van der Waals surface area contributed by atoms with Gasteiger partial charge in [-0.3, -0.25) is 14.4 Å². The number of nitrogens with zero attached hydrogens (tertiary/aromatic N) is 1. The molecule has 1 atom stereocenters. The van der Waals surface area contributed by atoms with Gasteiger partial charge in [0.15, 0.2) is 0 Å². The number of amides is 3. The Bertz CT molecular complexity index is 676. The van der Waals surface area contributed by atoms with Crippen molar-refractivity contribution < 1.29 is 18.8 Å². The first-order valence-electron chi connectivity index (χ1n) is 8.41. The number of carbonyl (C=O) groups is 3. The summed E-state index contributed by atoms with van der Waals surface area (Å²) < 4.78 is 14.1. The van der Waals surface area contributed by atoms with Gasteiger partial charge in [-0.2, -0.15) is 0 Å². The van der Waals surface area contributed by atoms with Crippen molar-refractivity contribution in [2.75, 3.05) is 24.5 Å². The Morgan fingerprint density at radius 3 is 2.60 bits per heavy atom. The van der Waals surface area contributed by atoms with E-state index in [0.29, 0.717) is 13.1 Å². The molecule has 1 fully saturated rings. The van der Waals surface area contributed by atoms with Gasteiger partial charge in [0.2, 0.25) is 17.7 Å². The van der Waals surface area contributed by atoms with Crippen molar-refractivity contribution in [3.8, 4) is 0 Å². The van der Waals surface area contributed by atoms with Crippen LogP contribution in [0.5, 0.6) is 0 Å². The highest BCUT2D eigenvalue weighted by molar-refractivity contribution is 6.00. The molecule has 25 heavy (non-hydrogen) atoms. The molecule has 1 heterocycles. The van der Waals surface area contributed by atoms with E-state index in [4.69, 9.17) is 0 Å². The number of halogens is 1. The van der Waals surface area contributed by atoms with E-state index in [1.165, 1.54) is 11.0 Å². The fourth-order valence-corrected chi connectivity index (χ4v) is 2.67. The lowest BCUT2D eigenvalue weighted by atomic mass is 10.1. The molecule has 0 aromatic heterocycles. The molecule has 1 aromatic rings. The molecule has 6 nitrogen and oxygen atoms in total. The van der Waals surface area contributed by atoms with Crippen LogP contribution in [0.15, 0.2) is 18.2 Å². The van der Waals surface area contributed by atoms with E-state index < -0.39 is 11.7 Å². The maximum Gasteiger partial charge on any atom is 0.227 e. The fourth-order valence-electron chi connectivity index (χ4n) is 2.67. The van der Waals surface area contributed by atoms with Crippen LogP contribution in [0.4, 0.5) is 10.1 Å². The summed E-state index contributed by atoms with van der Waals surface area (Å²) in [7, 11) is 0. The Morgan fingerprint density at radius 2 is 1.96 bits per heavy atom. The molecule has 0 saturated carbocycles. The first-order valence-corrected chi connectivity index (χ1v) is 8.41. The predicted molar refractivity (Wildman–Crippen MR) is 92.5 cm³/mol. The van der Waals surface area contributed by atoms with Crippen LogP contribution < -0.4 is 15.5 Å². The summed E-state index contributed by atoms with van der Waals surface area (Å²) in [5.74, 6) is -1.70. The lowest BCUT2D eigenvalue weighted by molar-refractivity contribution is -0.126. The lowest BCUT2D eigenvalue weighted by Crippen LogP contribution is -2.39. The Labute approximate surface area is 146 Å². The minimum absolute atomic E-state index is 0.0531. The molecule has 136 valence electrons. The standard InChI is InChI=1S/C18H24FN3O3/c1-11(2)17(24)20-6-7-21-18(25)13-9-16(23)22(10-13)15-5-4-12(3)8-14(15)19/h4-5,8,11,13H,6-7,9-10H2,1-3H3,(H,20,24)(H,21,25). The maximum atomic E-state index is 14.1. The van der Waals surface area contributed by atoms with Crippen molar-refractivity contribution in [1.82, 2.24) is 10.6 Å². The largest absolute Gasteiger partial charge is 0.354 e. The molecule has 3 amide bonds. The highest BCUT2D eigenvalue weighted by Crippen LogP contribution is 2.28. The second-order valence-electron chi connectivity index (χ2n) is 6.60. The first kappa shape index (κ1) is 18.9. The van der Waals surface area contributed by atoms with E-state index >= 15 is 0 Å². The third-order valence-corrected chi connectivity index (χ3v) is 4.14. The van der Waals surface area contributed by atoms with Gasteiger partial charge in [-0.25, -0.2) is 4.39 Å². The number of rotatable bonds is 6. The Balaban J connectivity index is 1.87. The van der Waals surface area contributed by atoms with Crippen molar-refractivity contribution in [3.63, 3.8) is 0 Å². The van der Waals surface area contributed by atoms with Crippen LogP contribution in [0.2, 0.25) is 0 Å². The zero-order valence-electron chi connectivity index (χ0n) is 14.8. The van der Waals surface area contributed by atoms with Gasteiger partial charge in [0.25, 0.3) is 0 Å². The summed E-state index contributed by atoms with van der Waals surface area (Å²) in [6, 6.07) is 4.66. The van der Waals surface area contributed by atoms with Gasteiger partial charge in [0, 0.05) is 32.0 Å². The number of carbonyl (C=O) groups excluding carboxylic acids is 3. The number of hydrogen-bond acceptors (Lipinski definition) is 3. The second-order valence-corrected chi connectivity index (χ2v) is 6.60. The number of nitrogens with one attached hydrogen (secondary N) is 2. The van der Waals surface area contributed by atoms with Crippen molar-refractivity contribution in [2.45, 2.75) is 27.2 Å². The quantitative estimate of drug-likeness (QED) is 0.762. The molecule has 2 N–H and O–H groups in total. The molecule has 1 aliphatic heterocycles.